The van der Waals surface area contributed by atoms with Crippen LogP contribution in [0.5, 0.6) is 0 Å². The Morgan fingerprint density at radius 3 is 1.58 bits per heavy atom. The number of carbonyl (C=O) groups is 5. The van der Waals surface area contributed by atoms with Gasteiger partial charge in [-0.25, -0.2) is 4.79 Å². The number of benzene rings is 2. The van der Waals surface area contributed by atoms with Crippen LogP contribution in [0.3, 0.4) is 0 Å². The second-order valence-corrected chi connectivity index (χ2v) is 8.36. The summed E-state index contributed by atoms with van der Waals surface area (Å²) in [6.45, 7) is 1.40. The van der Waals surface area contributed by atoms with Gasteiger partial charge in [0.15, 0.2) is 0 Å². The summed E-state index contributed by atoms with van der Waals surface area (Å²) in [5.74, 6) is -4.36. The fourth-order valence-corrected chi connectivity index (χ4v) is 3.37. The Labute approximate surface area is 208 Å². The van der Waals surface area contributed by atoms with Crippen molar-refractivity contribution in [1.29, 1.82) is 0 Å². The predicted octanol–water partition coefficient (Wildman–Crippen LogP) is -0.767. The maximum atomic E-state index is 13.2. The molecule has 0 aliphatic rings. The lowest BCUT2D eigenvalue weighted by atomic mass is 10.0. The number of primary amides is 1. The van der Waals surface area contributed by atoms with Crippen LogP contribution in [-0.2, 0) is 36.8 Å². The number of amides is 4. The quantitative estimate of drug-likeness (QED) is 0.209. The van der Waals surface area contributed by atoms with E-state index in [0.29, 0.717) is 11.1 Å². The first kappa shape index (κ1) is 28.0. The van der Waals surface area contributed by atoms with E-state index in [9.17, 15) is 29.1 Å². The molecule has 4 amide bonds. The first-order valence-corrected chi connectivity index (χ1v) is 11.3. The van der Waals surface area contributed by atoms with Gasteiger partial charge in [-0.1, -0.05) is 60.7 Å². The van der Waals surface area contributed by atoms with E-state index >= 15 is 0 Å². The van der Waals surface area contributed by atoms with E-state index in [0.717, 1.165) is 0 Å². The molecule has 192 valence electrons. The number of carboxylic acids is 1. The van der Waals surface area contributed by atoms with Gasteiger partial charge < -0.3 is 32.5 Å². The fourth-order valence-electron chi connectivity index (χ4n) is 3.37. The van der Waals surface area contributed by atoms with Gasteiger partial charge in [0.25, 0.3) is 0 Å². The normalized spacial score (nSPS) is 13.9. The van der Waals surface area contributed by atoms with Crippen molar-refractivity contribution in [3.8, 4) is 0 Å². The van der Waals surface area contributed by atoms with Crippen molar-refractivity contribution in [1.82, 2.24) is 16.0 Å². The van der Waals surface area contributed by atoms with Crippen molar-refractivity contribution in [2.24, 2.45) is 11.5 Å². The molecule has 0 saturated heterocycles. The standard InChI is InChI=1S/C25H31N5O6/c1-15(26)22(32)28-19(14-21(27)31)24(34)29-18(12-16-8-4-2-5-9-16)23(33)30-20(25(35)36)13-17-10-6-3-7-11-17/h2-11,15,18-20H,12-14,26H2,1H3,(H2,27,31)(H,28,32)(H,29,34)(H,30,33)(H,35,36). The highest BCUT2D eigenvalue weighted by Crippen LogP contribution is 2.08. The van der Waals surface area contributed by atoms with Crippen molar-refractivity contribution in [2.75, 3.05) is 0 Å². The van der Waals surface area contributed by atoms with Gasteiger partial charge in [-0.05, 0) is 18.1 Å². The molecular formula is C25H31N5O6. The van der Waals surface area contributed by atoms with Crippen molar-refractivity contribution in [2.45, 2.75) is 50.4 Å². The van der Waals surface area contributed by atoms with Gasteiger partial charge in [-0.3, -0.25) is 19.2 Å². The zero-order valence-corrected chi connectivity index (χ0v) is 19.8. The monoisotopic (exact) mass is 497 g/mol. The summed E-state index contributed by atoms with van der Waals surface area (Å²) < 4.78 is 0. The minimum absolute atomic E-state index is 0.0284. The second-order valence-electron chi connectivity index (χ2n) is 8.36. The molecule has 11 nitrogen and oxygen atoms in total. The van der Waals surface area contributed by atoms with E-state index in [4.69, 9.17) is 11.5 Å². The van der Waals surface area contributed by atoms with Crippen LogP contribution in [0.2, 0.25) is 0 Å². The molecule has 0 radical (unpaired) electrons. The average molecular weight is 498 g/mol. The second kappa shape index (κ2) is 13.6. The summed E-state index contributed by atoms with van der Waals surface area (Å²) in [6, 6.07) is 12.7. The molecule has 4 atom stereocenters. The third-order valence-electron chi connectivity index (χ3n) is 5.26. The Balaban J connectivity index is 2.24. The molecule has 8 N–H and O–H groups in total. The Morgan fingerprint density at radius 2 is 1.14 bits per heavy atom. The highest BCUT2D eigenvalue weighted by molar-refractivity contribution is 5.96. The van der Waals surface area contributed by atoms with Crippen LogP contribution in [0.25, 0.3) is 0 Å². The van der Waals surface area contributed by atoms with Crippen LogP contribution < -0.4 is 27.4 Å². The summed E-state index contributed by atoms with van der Waals surface area (Å²) >= 11 is 0. The van der Waals surface area contributed by atoms with Gasteiger partial charge in [0, 0.05) is 12.8 Å². The molecule has 36 heavy (non-hydrogen) atoms. The third-order valence-corrected chi connectivity index (χ3v) is 5.26. The number of hydrogen-bond donors (Lipinski definition) is 6. The topological polar surface area (TPSA) is 194 Å². The van der Waals surface area contributed by atoms with Crippen LogP contribution in [0.1, 0.15) is 24.5 Å². The SMILES string of the molecule is CC(N)C(=O)NC(CC(N)=O)C(=O)NC(Cc1ccccc1)C(=O)NC(Cc1ccccc1)C(=O)O. The molecule has 11 heteroatoms. The molecule has 0 aliphatic heterocycles. The first-order chi connectivity index (χ1) is 17.1. The number of nitrogens with two attached hydrogens (primary N) is 2. The van der Waals surface area contributed by atoms with Gasteiger partial charge in [0.1, 0.15) is 18.1 Å². The molecule has 2 rings (SSSR count). The number of nitrogens with one attached hydrogen (secondary N) is 3. The Morgan fingerprint density at radius 1 is 0.722 bits per heavy atom. The van der Waals surface area contributed by atoms with Gasteiger partial charge in [-0.2, -0.15) is 0 Å². The van der Waals surface area contributed by atoms with Gasteiger partial charge in [-0.15, -0.1) is 0 Å². The van der Waals surface area contributed by atoms with E-state index in [1.165, 1.54) is 6.92 Å². The number of carbonyl (C=O) groups excluding carboxylic acids is 4. The molecule has 4 unspecified atom stereocenters. The highest BCUT2D eigenvalue weighted by Gasteiger charge is 2.31. The van der Waals surface area contributed by atoms with Crippen molar-refractivity contribution in [3.63, 3.8) is 0 Å². The molecule has 2 aromatic carbocycles. The van der Waals surface area contributed by atoms with Crippen LogP contribution in [0.4, 0.5) is 0 Å². The number of rotatable bonds is 13. The first-order valence-electron chi connectivity index (χ1n) is 11.3. The molecule has 0 spiro atoms. The lowest BCUT2D eigenvalue weighted by Gasteiger charge is -2.24. The molecule has 0 heterocycles. The van der Waals surface area contributed by atoms with Crippen molar-refractivity contribution < 1.29 is 29.1 Å². The fraction of sp³-hybridized carbons (Fsp3) is 0.320. The van der Waals surface area contributed by atoms with E-state index in [-0.39, 0.29) is 12.8 Å². The number of carboxylic acid groups (broad SMARTS) is 1. The minimum atomic E-state index is -1.37. The van der Waals surface area contributed by atoms with Gasteiger partial charge in [0.2, 0.25) is 23.6 Å². The van der Waals surface area contributed by atoms with Gasteiger partial charge >= 0.3 is 5.97 Å². The highest BCUT2D eigenvalue weighted by atomic mass is 16.4. The number of aliphatic carboxylic acids is 1. The lowest BCUT2D eigenvalue weighted by Crippen LogP contribution is -2.58. The predicted molar refractivity (Wildman–Crippen MR) is 131 cm³/mol. The summed E-state index contributed by atoms with van der Waals surface area (Å²) in [5.41, 5.74) is 12.2. The molecular weight excluding hydrogens is 466 g/mol. The molecule has 0 saturated carbocycles. The van der Waals surface area contributed by atoms with Crippen molar-refractivity contribution >= 4 is 29.6 Å². The van der Waals surface area contributed by atoms with E-state index < -0.39 is 60.2 Å². The largest absolute Gasteiger partial charge is 0.480 e. The number of hydrogen-bond acceptors (Lipinski definition) is 6. The van der Waals surface area contributed by atoms with E-state index in [1.54, 1.807) is 60.7 Å². The summed E-state index contributed by atoms with van der Waals surface area (Å²) in [7, 11) is 0. The Kier molecular flexibility index (Phi) is 10.6. The summed E-state index contributed by atoms with van der Waals surface area (Å²) in [4.78, 5) is 61.5. The zero-order valence-electron chi connectivity index (χ0n) is 19.8. The molecule has 2 aromatic rings. The zero-order chi connectivity index (χ0) is 26.7. The lowest BCUT2D eigenvalue weighted by molar-refractivity contribution is -0.142. The van der Waals surface area contributed by atoms with Crippen LogP contribution >= 0.6 is 0 Å². The molecule has 0 bridgehead atoms. The minimum Gasteiger partial charge on any atom is -0.480 e. The average Bonchev–Trinajstić information content (AvgIpc) is 2.83. The van der Waals surface area contributed by atoms with Crippen LogP contribution in [0.15, 0.2) is 60.7 Å². The molecule has 0 aliphatic carbocycles. The maximum absolute atomic E-state index is 13.2. The molecule has 0 aromatic heterocycles. The maximum Gasteiger partial charge on any atom is 0.326 e. The van der Waals surface area contributed by atoms with Crippen LogP contribution in [-0.4, -0.2) is 58.9 Å². The smallest absolute Gasteiger partial charge is 0.326 e. The molecule has 0 fully saturated rings. The summed E-state index contributed by atoms with van der Waals surface area (Å²) in [5, 5.41) is 17.0. The van der Waals surface area contributed by atoms with Crippen molar-refractivity contribution in [3.05, 3.63) is 71.8 Å². The van der Waals surface area contributed by atoms with E-state index in [1.807, 2.05) is 0 Å². The Hall–Kier alpha value is -4.25. The van der Waals surface area contributed by atoms with Crippen LogP contribution in [0, 0.1) is 0 Å². The summed E-state index contributed by atoms with van der Waals surface area (Å²) in [6.07, 6.45) is -0.459. The van der Waals surface area contributed by atoms with E-state index in [2.05, 4.69) is 16.0 Å². The Bertz CT molecular complexity index is 1060. The van der Waals surface area contributed by atoms with Gasteiger partial charge in [0.05, 0.1) is 12.5 Å². The third kappa shape index (κ3) is 9.18.